The summed E-state index contributed by atoms with van der Waals surface area (Å²) in [4.78, 5) is 0. The molecule has 1 unspecified atom stereocenters. The standard InChI is InChI=1S/C17H19FO4/c1-20-17-8-3-2-5-13(17)10-21-11-15(19)12-22-16-7-4-6-14(18)9-16/h2-9,15,19H,10-12H2,1H3. The minimum atomic E-state index is -0.794. The number of aliphatic hydroxyl groups is 1. The first-order valence-electron chi connectivity index (χ1n) is 6.95. The summed E-state index contributed by atoms with van der Waals surface area (Å²) in [6.07, 6.45) is -0.794. The largest absolute Gasteiger partial charge is 0.496 e. The van der Waals surface area contributed by atoms with Crippen molar-refractivity contribution in [2.24, 2.45) is 0 Å². The molecule has 0 aliphatic rings. The lowest BCUT2D eigenvalue weighted by Crippen LogP contribution is -2.23. The Balaban J connectivity index is 1.72. The van der Waals surface area contributed by atoms with Gasteiger partial charge in [-0.3, -0.25) is 0 Å². The number of ether oxygens (including phenoxy) is 3. The van der Waals surface area contributed by atoms with E-state index in [0.717, 1.165) is 11.3 Å². The van der Waals surface area contributed by atoms with Crippen LogP contribution in [0.5, 0.6) is 11.5 Å². The molecule has 22 heavy (non-hydrogen) atoms. The van der Waals surface area contributed by atoms with E-state index in [-0.39, 0.29) is 19.0 Å². The van der Waals surface area contributed by atoms with Crippen LogP contribution >= 0.6 is 0 Å². The number of para-hydroxylation sites is 1. The molecule has 2 aromatic carbocycles. The highest BCUT2D eigenvalue weighted by Gasteiger charge is 2.08. The van der Waals surface area contributed by atoms with E-state index in [1.807, 2.05) is 24.3 Å². The third-order valence-electron chi connectivity index (χ3n) is 3.00. The van der Waals surface area contributed by atoms with E-state index in [4.69, 9.17) is 14.2 Å². The predicted octanol–water partition coefficient (Wildman–Crippen LogP) is 2.79. The van der Waals surface area contributed by atoms with Gasteiger partial charge in [0.1, 0.15) is 30.0 Å². The second kappa shape index (κ2) is 8.36. The number of hydrogen-bond donors (Lipinski definition) is 1. The fraction of sp³-hybridized carbons (Fsp3) is 0.294. The molecule has 0 heterocycles. The molecule has 0 bridgehead atoms. The van der Waals surface area contributed by atoms with Gasteiger partial charge in [-0.1, -0.05) is 24.3 Å². The molecule has 0 aliphatic carbocycles. The first-order valence-corrected chi connectivity index (χ1v) is 6.95. The Morgan fingerprint density at radius 2 is 1.91 bits per heavy atom. The fourth-order valence-electron chi connectivity index (χ4n) is 1.92. The zero-order chi connectivity index (χ0) is 15.8. The van der Waals surface area contributed by atoms with Gasteiger partial charge in [-0.15, -0.1) is 0 Å². The molecule has 0 fully saturated rings. The minimum absolute atomic E-state index is 0.0371. The van der Waals surface area contributed by atoms with Crippen LogP contribution in [0.25, 0.3) is 0 Å². The molecule has 2 aromatic rings. The Bertz CT molecular complexity index is 588. The number of rotatable bonds is 8. The summed E-state index contributed by atoms with van der Waals surface area (Å²) in [5, 5.41) is 9.81. The van der Waals surface area contributed by atoms with Crippen LogP contribution in [0.4, 0.5) is 4.39 Å². The van der Waals surface area contributed by atoms with Crippen molar-refractivity contribution < 1.29 is 23.7 Å². The van der Waals surface area contributed by atoms with Crippen molar-refractivity contribution in [2.75, 3.05) is 20.3 Å². The molecule has 118 valence electrons. The zero-order valence-electron chi connectivity index (χ0n) is 12.4. The molecule has 0 radical (unpaired) electrons. The molecule has 1 N–H and O–H groups in total. The third-order valence-corrected chi connectivity index (χ3v) is 3.00. The first kappa shape index (κ1) is 16.3. The molecular weight excluding hydrogens is 287 g/mol. The molecule has 0 saturated heterocycles. The number of aliphatic hydroxyl groups excluding tert-OH is 1. The summed E-state index contributed by atoms with van der Waals surface area (Å²) in [5.74, 6) is 0.746. The average molecular weight is 306 g/mol. The molecule has 4 nitrogen and oxygen atoms in total. The number of benzene rings is 2. The van der Waals surface area contributed by atoms with E-state index in [0.29, 0.717) is 12.4 Å². The van der Waals surface area contributed by atoms with Crippen molar-refractivity contribution in [1.82, 2.24) is 0 Å². The van der Waals surface area contributed by atoms with E-state index in [1.54, 1.807) is 19.2 Å². The predicted molar refractivity (Wildman–Crippen MR) is 80.6 cm³/mol. The maximum atomic E-state index is 13.0. The maximum absolute atomic E-state index is 13.0. The summed E-state index contributed by atoms with van der Waals surface area (Å²) in [5.41, 5.74) is 0.906. The molecule has 2 rings (SSSR count). The highest BCUT2D eigenvalue weighted by atomic mass is 19.1. The minimum Gasteiger partial charge on any atom is -0.496 e. The van der Waals surface area contributed by atoms with E-state index in [9.17, 15) is 9.50 Å². The number of halogens is 1. The van der Waals surface area contributed by atoms with Gasteiger partial charge in [-0.25, -0.2) is 4.39 Å². The van der Waals surface area contributed by atoms with Crippen LogP contribution in [0.15, 0.2) is 48.5 Å². The van der Waals surface area contributed by atoms with Gasteiger partial charge in [0.05, 0.1) is 20.3 Å². The molecule has 5 heteroatoms. The van der Waals surface area contributed by atoms with Crippen LogP contribution in [0.1, 0.15) is 5.56 Å². The SMILES string of the molecule is COc1ccccc1COCC(O)COc1cccc(F)c1. The van der Waals surface area contributed by atoms with Crippen molar-refractivity contribution in [2.45, 2.75) is 12.7 Å². The highest BCUT2D eigenvalue weighted by molar-refractivity contribution is 5.32. The van der Waals surface area contributed by atoms with Crippen LogP contribution < -0.4 is 9.47 Å². The van der Waals surface area contributed by atoms with Gasteiger partial charge in [0.2, 0.25) is 0 Å². The molecule has 0 aromatic heterocycles. The second-order valence-corrected chi connectivity index (χ2v) is 4.75. The Morgan fingerprint density at radius 3 is 2.68 bits per heavy atom. The Morgan fingerprint density at radius 1 is 1.09 bits per heavy atom. The van der Waals surface area contributed by atoms with Gasteiger partial charge in [-0.05, 0) is 18.2 Å². The summed E-state index contributed by atoms with van der Waals surface area (Å²) in [7, 11) is 1.60. The van der Waals surface area contributed by atoms with Crippen LogP contribution in [-0.4, -0.2) is 31.5 Å². The first-order chi connectivity index (χ1) is 10.7. The van der Waals surface area contributed by atoms with Crippen LogP contribution in [0.2, 0.25) is 0 Å². The lowest BCUT2D eigenvalue weighted by atomic mass is 10.2. The molecule has 0 aliphatic heterocycles. The summed E-state index contributed by atoms with van der Waals surface area (Å²) in [6.45, 7) is 0.490. The Hall–Kier alpha value is -2.11. The highest BCUT2D eigenvalue weighted by Crippen LogP contribution is 2.18. The summed E-state index contributed by atoms with van der Waals surface area (Å²) >= 11 is 0. The molecule has 0 spiro atoms. The summed E-state index contributed by atoms with van der Waals surface area (Å²) in [6, 6.07) is 13.3. The van der Waals surface area contributed by atoms with Crippen molar-refractivity contribution >= 4 is 0 Å². The topological polar surface area (TPSA) is 47.9 Å². The van der Waals surface area contributed by atoms with Crippen LogP contribution in [0.3, 0.4) is 0 Å². The Kier molecular flexibility index (Phi) is 6.18. The quantitative estimate of drug-likeness (QED) is 0.815. The lowest BCUT2D eigenvalue weighted by Gasteiger charge is -2.14. The van der Waals surface area contributed by atoms with Crippen molar-refractivity contribution in [3.05, 3.63) is 59.9 Å². The van der Waals surface area contributed by atoms with Crippen molar-refractivity contribution in [3.8, 4) is 11.5 Å². The number of methoxy groups -OCH3 is 1. The Labute approximate surface area is 129 Å². The van der Waals surface area contributed by atoms with Gasteiger partial charge >= 0.3 is 0 Å². The maximum Gasteiger partial charge on any atom is 0.126 e. The average Bonchev–Trinajstić information content (AvgIpc) is 2.53. The molecular formula is C17H19FO4. The van der Waals surface area contributed by atoms with Gasteiger partial charge in [0.25, 0.3) is 0 Å². The van der Waals surface area contributed by atoms with Crippen molar-refractivity contribution in [3.63, 3.8) is 0 Å². The van der Waals surface area contributed by atoms with E-state index >= 15 is 0 Å². The van der Waals surface area contributed by atoms with Gasteiger partial charge in [0.15, 0.2) is 0 Å². The van der Waals surface area contributed by atoms with Gasteiger partial charge in [-0.2, -0.15) is 0 Å². The zero-order valence-corrected chi connectivity index (χ0v) is 12.4. The van der Waals surface area contributed by atoms with Crippen LogP contribution in [-0.2, 0) is 11.3 Å². The van der Waals surface area contributed by atoms with E-state index in [1.165, 1.54) is 12.1 Å². The fourth-order valence-corrected chi connectivity index (χ4v) is 1.92. The van der Waals surface area contributed by atoms with Crippen LogP contribution in [0, 0.1) is 5.82 Å². The molecule has 0 amide bonds. The third kappa shape index (κ3) is 5.02. The smallest absolute Gasteiger partial charge is 0.126 e. The van der Waals surface area contributed by atoms with Gasteiger partial charge < -0.3 is 19.3 Å². The van der Waals surface area contributed by atoms with Gasteiger partial charge in [0, 0.05) is 11.6 Å². The van der Waals surface area contributed by atoms with E-state index < -0.39 is 6.10 Å². The normalized spacial score (nSPS) is 12.0. The van der Waals surface area contributed by atoms with Crippen molar-refractivity contribution in [1.29, 1.82) is 0 Å². The lowest BCUT2D eigenvalue weighted by molar-refractivity contribution is 0.00498. The second-order valence-electron chi connectivity index (χ2n) is 4.75. The van der Waals surface area contributed by atoms with E-state index in [2.05, 4.69) is 0 Å². The molecule has 0 saturated carbocycles. The molecule has 1 atom stereocenters. The summed E-state index contributed by atoms with van der Waals surface area (Å²) < 4.78 is 28.9. The monoisotopic (exact) mass is 306 g/mol. The number of hydrogen-bond acceptors (Lipinski definition) is 4.